The second-order valence-corrected chi connectivity index (χ2v) is 11.1. The smallest absolute Gasteiger partial charge is 0.463 e. The number of rotatable bonds is 11. The highest BCUT2D eigenvalue weighted by Gasteiger charge is 2.52. The van der Waals surface area contributed by atoms with Crippen LogP contribution in [0.1, 0.15) is 54.0 Å². The van der Waals surface area contributed by atoms with Crippen LogP contribution in [-0.2, 0) is 58.8 Å². The lowest BCUT2D eigenvalue weighted by molar-refractivity contribution is -0.280. The number of benzene rings is 1. The van der Waals surface area contributed by atoms with Crippen molar-refractivity contribution in [2.24, 2.45) is 5.11 Å². The van der Waals surface area contributed by atoms with Gasteiger partial charge in [-0.15, -0.1) is 0 Å². The molecule has 0 aromatic heterocycles. The van der Waals surface area contributed by atoms with Crippen LogP contribution in [0.4, 0.5) is 0 Å². The number of carbonyl (C=O) groups is 4. The largest absolute Gasteiger partial charge is 0.494 e. The van der Waals surface area contributed by atoms with Crippen LogP contribution in [0.25, 0.3) is 10.4 Å². The van der Waals surface area contributed by atoms with Gasteiger partial charge in [0, 0.05) is 25.7 Å². The SMILES string of the molecule is CC(=O)OCC1OC(OCc2ccc(B3OC(C)(C)C(C)(C)O3)cc2)C(NC(=O)CN=[N+]=[N-])C(OC(C)=O)C1OC(C)=O. The third kappa shape index (κ3) is 8.91. The Labute approximate surface area is 249 Å². The van der Waals surface area contributed by atoms with Crippen molar-refractivity contribution in [3.63, 3.8) is 0 Å². The molecule has 234 valence electrons. The van der Waals surface area contributed by atoms with Crippen molar-refractivity contribution in [1.29, 1.82) is 0 Å². The predicted molar refractivity (Wildman–Crippen MR) is 149 cm³/mol. The summed E-state index contributed by atoms with van der Waals surface area (Å²) in [5.41, 5.74) is 9.14. The molecule has 5 atom stereocenters. The molecule has 2 fully saturated rings. The van der Waals surface area contributed by atoms with E-state index in [0.29, 0.717) is 5.56 Å². The summed E-state index contributed by atoms with van der Waals surface area (Å²) in [4.78, 5) is 50.8. The van der Waals surface area contributed by atoms with Crippen LogP contribution in [-0.4, -0.2) is 85.9 Å². The van der Waals surface area contributed by atoms with Crippen LogP contribution in [0.2, 0.25) is 0 Å². The molecule has 0 radical (unpaired) electrons. The first-order valence-corrected chi connectivity index (χ1v) is 13.6. The van der Waals surface area contributed by atoms with Gasteiger partial charge in [-0.2, -0.15) is 0 Å². The molecule has 2 aliphatic heterocycles. The Morgan fingerprint density at radius 3 is 2.07 bits per heavy atom. The summed E-state index contributed by atoms with van der Waals surface area (Å²) in [5, 5.41) is 5.83. The standard InChI is InChI=1S/C27H37BN4O11/c1-15(33)37-14-20-23(39-16(2)34)24(40-17(3)35)22(31-21(36)12-30-32-29)25(41-20)38-13-18-8-10-19(11-9-18)28-42-26(4,5)27(6,7)43-28/h8-11,20,22-25H,12-14H2,1-7H3,(H,31,36). The molecule has 1 aromatic carbocycles. The quantitative estimate of drug-likeness (QED) is 0.0959. The average molecular weight is 604 g/mol. The molecule has 1 aromatic rings. The van der Waals surface area contributed by atoms with E-state index in [-0.39, 0.29) is 13.2 Å². The fourth-order valence-corrected chi connectivity index (χ4v) is 4.45. The Bertz CT molecular complexity index is 1220. The van der Waals surface area contributed by atoms with E-state index in [1.165, 1.54) is 6.92 Å². The maximum atomic E-state index is 12.6. The minimum absolute atomic E-state index is 0.0255. The van der Waals surface area contributed by atoms with Gasteiger partial charge in [0.2, 0.25) is 5.91 Å². The van der Waals surface area contributed by atoms with Crippen molar-refractivity contribution < 1.29 is 52.2 Å². The fourth-order valence-electron chi connectivity index (χ4n) is 4.45. The summed E-state index contributed by atoms with van der Waals surface area (Å²) in [6.45, 7) is 10.4. The Balaban J connectivity index is 1.86. The second-order valence-electron chi connectivity index (χ2n) is 11.1. The van der Waals surface area contributed by atoms with E-state index >= 15 is 0 Å². The molecule has 1 amide bonds. The number of hydrogen-bond donors (Lipinski definition) is 1. The number of nitrogens with zero attached hydrogens (tertiary/aromatic N) is 3. The lowest BCUT2D eigenvalue weighted by Crippen LogP contribution is -2.66. The van der Waals surface area contributed by atoms with E-state index in [4.69, 9.17) is 38.5 Å². The molecule has 2 saturated heterocycles. The highest BCUT2D eigenvalue weighted by molar-refractivity contribution is 6.62. The predicted octanol–water partition coefficient (Wildman–Crippen LogP) is 1.45. The van der Waals surface area contributed by atoms with E-state index < -0.39 is 79.3 Å². The number of azide groups is 1. The summed E-state index contributed by atoms with van der Waals surface area (Å²) in [5.74, 6) is -2.84. The van der Waals surface area contributed by atoms with Gasteiger partial charge in [-0.3, -0.25) is 19.2 Å². The van der Waals surface area contributed by atoms with Gasteiger partial charge in [-0.25, -0.2) is 0 Å². The molecule has 0 spiro atoms. The van der Waals surface area contributed by atoms with Crippen LogP contribution in [0.15, 0.2) is 29.4 Å². The van der Waals surface area contributed by atoms with Gasteiger partial charge in [0.25, 0.3) is 0 Å². The van der Waals surface area contributed by atoms with E-state index in [1.807, 2.05) is 39.8 Å². The van der Waals surface area contributed by atoms with E-state index in [9.17, 15) is 19.2 Å². The normalized spacial score (nSPS) is 25.7. The Kier molecular flexibility index (Phi) is 11.2. The lowest BCUT2D eigenvalue weighted by Gasteiger charge is -2.45. The first-order chi connectivity index (χ1) is 20.1. The van der Waals surface area contributed by atoms with Crippen LogP contribution in [0, 0.1) is 0 Å². The number of carbonyl (C=O) groups excluding carboxylic acids is 4. The first kappa shape index (κ1) is 33.8. The molecular formula is C27H37BN4O11. The number of amides is 1. The van der Waals surface area contributed by atoms with E-state index in [0.717, 1.165) is 19.3 Å². The molecule has 15 nitrogen and oxygen atoms in total. The number of ether oxygens (including phenoxy) is 5. The Morgan fingerprint density at radius 1 is 0.953 bits per heavy atom. The minimum atomic E-state index is -1.32. The Hall–Kier alpha value is -3.69. The van der Waals surface area contributed by atoms with Crippen molar-refractivity contribution in [2.75, 3.05) is 13.2 Å². The molecule has 1 N–H and O–H groups in total. The fraction of sp³-hybridized carbons (Fsp3) is 0.630. The molecule has 5 unspecified atom stereocenters. The van der Waals surface area contributed by atoms with Crippen molar-refractivity contribution in [1.82, 2.24) is 5.32 Å². The summed E-state index contributed by atoms with van der Waals surface area (Å²) in [6, 6.07) is 6.07. The molecule has 3 rings (SSSR count). The zero-order chi connectivity index (χ0) is 31.9. The molecule has 2 heterocycles. The van der Waals surface area contributed by atoms with Gasteiger partial charge < -0.3 is 38.3 Å². The first-order valence-electron chi connectivity index (χ1n) is 13.6. The van der Waals surface area contributed by atoms with Crippen molar-refractivity contribution >= 4 is 36.4 Å². The summed E-state index contributed by atoms with van der Waals surface area (Å²) < 4.78 is 40.3. The van der Waals surface area contributed by atoms with Gasteiger partial charge in [-0.05, 0) is 44.3 Å². The molecule has 0 bridgehead atoms. The highest BCUT2D eigenvalue weighted by Crippen LogP contribution is 2.36. The van der Waals surface area contributed by atoms with Crippen molar-refractivity contribution in [2.45, 2.75) is 96.9 Å². The van der Waals surface area contributed by atoms with Crippen LogP contribution < -0.4 is 10.8 Å². The highest BCUT2D eigenvalue weighted by atomic mass is 16.7. The number of nitrogens with one attached hydrogen (secondary N) is 1. The average Bonchev–Trinajstić information content (AvgIpc) is 3.14. The van der Waals surface area contributed by atoms with Crippen molar-refractivity contribution in [3.05, 3.63) is 40.3 Å². The maximum absolute atomic E-state index is 12.6. The van der Waals surface area contributed by atoms with Gasteiger partial charge in [0.1, 0.15) is 25.3 Å². The maximum Gasteiger partial charge on any atom is 0.494 e. The summed E-state index contributed by atoms with van der Waals surface area (Å²) in [7, 11) is -0.554. The molecule has 43 heavy (non-hydrogen) atoms. The monoisotopic (exact) mass is 604 g/mol. The lowest BCUT2D eigenvalue weighted by atomic mass is 9.79. The Morgan fingerprint density at radius 2 is 1.53 bits per heavy atom. The van der Waals surface area contributed by atoms with Gasteiger partial charge in [0.05, 0.1) is 17.8 Å². The topological polar surface area (TPSA) is 194 Å². The molecule has 2 aliphatic rings. The molecule has 0 aliphatic carbocycles. The molecule has 0 saturated carbocycles. The second kappa shape index (κ2) is 14.2. The van der Waals surface area contributed by atoms with Gasteiger partial charge in [-0.1, -0.05) is 29.4 Å². The van der Waals surface area contributed by atoms with E-state index in [2.05, 4.69) is 15.3 Å². The zero-order valence-corrected chi connectivity index (χ0v) is 25.2. The summed E-state index contributed by atoms with van der Waals surface area (Å²) >= 11 is 0. The number of esters is 3. The minimum Gasteiger partial charge on any atom is -0.463 e. The third-order valence-electron chi connectivity index (χ3n) is 7.23. The summed E-state index contributed by atoms with van der Waals surface area (Å²) in [6.07, 6.45) is -5.02. The van der Waals surface area contributed by atoms with Crippen LogP contribution in [0.5, 0.6) is 0 Å². The van der Waals surface area contributed by atoms with Crippen LogP contribution >= 0.6 is 0 Å². The number of hydrogen-bond acceptors (Lipinski definition) is 12. The molecule has 16 heteroatoms. The van der Waals surface area contributed by atoms with Gasteiger partial charge in [0.15, 0.2) is 18.5 Å². The third-order valence-corrected chi connectivity index (χ3v) is 7.23. The van der Waals surface area contributed by atoms with E-state index in [1.54, 1.807) is 12.1 Å². The van der Waals surface area contributed by atoms with Crippen LogP contribution in [0.3, 0.4) is 0 Å². The van der Waals surface area contributed by atoms with Crippen molar-refractivity contribution in [3.8, 4) is 0 Å². The zero-order valence-electron chi connectivity index (χ0n) is 25.2. The van der Waals surface area contributed by atoms with Gasteiger partial charge >= 0.3 is 25.0 Å². The molecular weight excluding hydrogens is 567 g/mol.